The highest BCUT2D eigenvalue weighted by atomic mass is 32.1. The fourth-order valence-corrected chi connectivity index (χ4v) is 1.09. The van der Waals surface area contributed by atoms with Crippen LogP contribution >= 0.6 is 0 Å². The molecule has 1 fully saturated rings. The predicted molar refractivity (Wildman–Crippen MR) is 33.4 cm³/mol. The van der Waals surface area contributed by atoms with Crippen LogP contribution in [-0.2, 0) is 17.4 Å². The molecule has 0 aromatic heterocycles. The minimum atomic E-state index is -0.137. The number of carbonyl (C=O) groups is 1. The molecule has 0 aromatic carbocycles. The van der Waals surface area contributed by atoms with E-state index in [4.69, 9.17) is 0 Å². The van der Waals surface area contributed by atoms with Gasteiger partial charge in [0.1, 0.15) is 0 Å². The van der Waals surface area contributed by atoms with Gasteiger partial charge in [-0.25, -0.2) is 0 Å². The van der Waals surface area contributed by atoms with Gasteiger partial charge in [0, 0.05) is 11.2 Å². The van der Waals surface area contributed by atoms with Gasteiger partial charge in [-0.2, -0.15) is 0 Å². The Kier molecular flexibility index (Phi) is 1.81. The first kappa shape index (κ1) is 5.98. The third-order valence-corrected chi connectivity index (χ3v) is 1.63. The van der Waals surface area contributed by atoms with Crippen LogP contribution in [0.4, 0.5) is 0 Å². The first-order valence-corrected chi connectivity index (χ1v) is 3.16. The van der Waals surface area contributed by atoms with E-state index in [0.717, 1.165) is 19.4 Å². The number of nitrogens with one attached hydrogen (secondary N) is 1. The van der Waals surface area contributed by atoms with Crippen LogP contribution in [0.5, 0.6) is 0 Å². The highest BCUT2D eigenvalue weighted by molar-refractivity contribution is 7.77. The smallest absolute Gasteiger partial charge is 0.0440 e. The van der Waals surface area contributed by atoms with Crippen LogP contribution in [0.3, 0.4) is 0 Å². The lowest BCUT2D eigenvalue weighted by Crippen LogP contribution is -2.28. The topological polar surface area (TPSA) is 29.1 Å². The summed E-state index contributed by atoms with van der Waals surface area (Å²) in [5, 5.41) is 2.87. The number of hydrogen-bond donors (Lipinski definition) is 1. The Hall–Kier alpha value is -0.150. The summed E-state index contributed by atoms with van der Waals surface area (Å²) < 4.78 is 0. The number of rotatable bonds is 1. The van der Waals surface area contributed by atoms with Gasteiger partial charge < -0.3 is 22.7 Å². The molecule has 8 heavy (non-hydrogen) atoms. The second kappa shape index (κ2) is 2.42. The van der Waals surface area contributed by atoms with Gasteiger partial charge >= 0.3 is 0 Å². The molecule has 0 bridgehead atoms. The third kappa shape index (κ3) is 1.17. The maximum Gasteiger partial charge on any atom is 0.0440 e. The molecule has 1 atom stereocenters. The molecule has 0 saturated carbocycles. The van der Waals surface area contributed by atoms with Gasteiger partial charge in [0.25, 0.3) is 0 Å². The zero-order chi connectivity index (χ0) is 5.98. The zero-order valence-corrected chi connectivity index (χ0v) is 5.33. The van der Waals surface area contributed by atoms with E-state index in [1.165, 1.54) is 0 Å². The Morgan fingerprint density at radius 1 is 1.75 bits per heavy atom. The predicted octanol–water partition coefficient (Wildman–Crippen LogP) is -0.188. The molecule has 3 heteroatoms. The van der Waals surface area contributed by atoms with E-state index in [0.29, 0.717) is 0 Å². The summed E-state index contributed by atoms with van der Waals surface area (Å²) in [6, 6.07) is -0.00926. The molecule has 1 saturated heterocycles. The van der Waals surface area contributed by atoms with E-state index >= 15 is 0 Å². The minimum Gasteiger partial charge on any atom is -0.740 e. The van der Waals surface area contributed by atoms with Crippen molar-refractivity contribution in [1.29, 1.82) is 0 Å². The highest BCUT2D eigenvalue weighted by Gasteiger charge is 2.12. The molecule has 2 nitrogen and oxygen atoms in total. The monoisotopic (exact) mass is 130 g/mol. The standard InChI is InChI=1S/C5H9NOS/c7-5(8)4-2-1-3-6-4/h4,6H,1-3H2,(H,7,8)/p-1. The second-order valence-corrected chi connectivity index (χ2v) is 2.37. The molecule has 1 aliphatic heterocycles. The molecular weight excluding hydrogens is 122 g/mol. The maximum absolute atomic E-state index is 10.4. The maximum atomic E-state index is 10.4. The first-order chi connectivity index (χ1) is 3.80. The van der Waals surface area contributed by atoms with Crippen molar-refractivity contribution < 1.29 is 4.79 Å². The molecule has 0 aliphatic carbocycles. The Morgan fingerprint density at radius 3 is 2.75 bits per heavy atom. The summed E-state index contributed by atoms with van der Waals surface area (Å²) in [4.78, 5) is 10.4. The molecule has 1 aliphatic rings. The Balaban J connectivity index is 2.35. The van der Waals surface area contributed by atoms with Gasteiger partial charge in [0.2, 0.25) is 0 Å². The molecule has 1 N–H and O–H groups in total. The summed E-state index contributed by atoms with van der Waals surface area (Å²) in [7, 11) is 0. The lowest BCUT2D eigenvalue weighted by atomic mass is 10.2. The summed E-state index contributed by atoms with van der Waals surface area (Å²) in [6.45, 7) is 0.951. The molecule has 0 radical (unpaired) electrons. The molecular formula is C5H8NOS-. The number of carbonyl (C=O) groups excluding carboxylic acids is 1. The lowest BCUT2D eigenvalue weighted by molar-refractivity contribution is -0.112. The minimum absolute atomic E-state index is 0.00926. The zero-order valence-electron chi connectivity index (χ0n) is 4.52. The van der Waals surface area contributed by atoms with E-state index in [2.05, 4.69) is 17.9 Å². The third-order valence-electron chi connectivity index (χ3n) is 1.34. The normalized spacial score (nSPS) is 28.2. The summed E-state index contributed by atoms with van der Waals surface area (Å²) in [6.07, 6.45) is 2.02. The molecule has 1 unspecified atom stereocenters. The Labute approximate surface area is 54.1 Å². The van der Waals surface area contributed by atoms with Crippen molar-refractivity contribution >= 4 is 17.7 Å². The average Bonchev–Trinajstić information content (AvgIpc) is 2.12. The van der Waals surface area contributed by atoms with Gasteiger partial charge in [-0.3, -0.25) is 0 Å². The fourth-order valence-electron chi connectivity index (χ4n) is 0.886. The van der Waals surface area contributed by atoms with Gasteiger partial charge in [-0.1, -0.05) is 0 Å². The summed E-state index contributed by atoms with van der Waals surface area (Å²) in [5.74, 6) is 0. The van der Waals surface area contributed by atoms with Crippen molar-refractivity contribution in [1.82, 2.24) is 5.32 Å². The fraction of sp³-hybridized carbons (Fsp3) is 0.800. The average molecular weight is 130 g/mol. The highest BCUT2D eigenvalue weighted by Crippen LogP contribution is 2.03. The first-order valence-electron chi connectivity index (χ1n) is 2.75. The van der Waals surface area contributed by atoms with Crippen LogP contribution in [0.15, 0.2) is 0 Å². The van der Waals surface area contributed by atoms with Gasteiger partial charge in [-0.15, -0.1) is 0 Å². The van der Waals surface area contributed by atoms with Crippen molar-refractivity contribution in [3.05, 3.63) is 0 Å². The van der Waals surface area contributed by atoms with Crippen molar-refractivity contribution in [2.24, 2.45) is 0 Å². The van der Waals surface area contributed by atoms with Crippen LogP contribution in [0.2, 0.25) is 0 Å². The molecule has 0 aromatic rings. The van der Waals surface area contributed by atoms with Crippen molar-refractivity contribution in [2.75, 3.05) is 6.54 Å². The van der Waals surface area contributed by atoms with E-state index in [1.54, 1.807) is 0 Å². The second-order valence-electron chi connectivity index (χ2n) is 1.97. The molecule has 1 rings (SSSR count). The quantitative estimate of drug-likeness (QED) is 0.499. The molecule has 0 amide bonds. The van der Waals surface area contributed by atoms with E-state index in [9.17, 15) is 4.79 Å². The van der Waals surface area contributed by atoms with Crippen molar-refractivity contribution in [2.45, 2.75) is 18.9 Å². The van der Waals surface area contributed by atoms with Crippen molar-refractivity contribution in [3.63, 3.8) is 0 Å². The summed E-state index contributed by atoms with van der Waals surface area (Å²) in [5.41, 5.74) is 0. The number of hydrogen-bond acceptors (Lipinski definition) is 3. The van der Waals surface area contributed by atoms with Crippen LogP contribution in [0.1, 0.15) is 12.8 Å². The summed E-state index contributed by atoms with van der Waals surface area (Å²) >= 11 is 4.44. The van der Waals surface area contributed by atoms with Crippen LogP contribution in [0, 0.1) is 0 Å². The molecule has 1 heterocycles. The van der Waals surface area contributed by atoms with Crippen LogP contribution in [-0.4, -0.2) is 17.7 Å². The van der Waals surface area contributed by atoms with E-state index < -0.39 is 0 Å². The van der Waals surface area contributed by atoms with E-state index in [1.807, 2.05) is 0 Å². The lowest BCUT2D eigenvalue weighted by Gasteiger charge is -2.10. The van der Waals surface area contributed by atoms with Gasteiger partial charge in [0.05, 0.1) is 0 Å². The largest absolute Gasteiger partial charge is 0.740 e. The SMILES string of the molecule is O=C([S-])C1CCCN1. The Morgan fingerprint density at radius 2 is 2.50 bits per heavy atom. The van der Waals surface area contributed by atoms with Crippen LogP contribution < -0.4 is 5.32 Å². The molecule has 0 spiro atoms. The van der Waals surface area contributed by atoms with Crippen molar-refractivity contribution in [3.8, 4) is 0 Å². The van der Waals surface area contributed by atoms with E-state index in [-0.39, 0.29) is 11.2 Å². The van der Waals surface area contributed by atoms with Crippen LogP contribution in [0.25, 0.3) is 0 Å². The van der Waals surface area contributed by atoms with Gasteiger partial charge in [0.15, 0.2) is 0 Å². The van der Waals surface area contributed by atoms with Gasteiger partial charge in [-0.05, 0) is 19.4 Å². The Bertz CT molecular complexity index is 98.6. The molecule has 46 valence electrons.